The molecule has 0 aliphatic carbocycles. The van der Waals surface area contributed by atoms with Crippen molar-refractivity contribution in [2.75, 3.05) is 0 Å². The Balaban J connectivity index is 3.41. The van der Waals surface area contributed by atoms with Gasteiger partial charge in [0.2, 0.25) is 0 Å². The van der Waals surface area contributed by atoms with Crippen molar-refractivity contribution in [1.29, 1.82) is 0 Å². The predicted molar refractivity (Wildman–Crippen MR) is 59.5 cm³/mol. The average Bonchev–Trinajstić information content (AvgIpc) is 2.15. The van der Waals surface area contributed by atoms with Gasteiger partial charge < -0.3 is 0 Å². The van der Waals surface area contributed by atoms with Crippen LogP contribution in [0.1, 0.15) is 23.2 Å². The average molecular weight is 416 g/mol. The number of alkyl halides is 6. The second-order valence-corrected chi connectivity index (χ2v) is 4.42. The summed E-state index contributed by atoms with van der Waals surface area (Å²) >= 11 is 4.31. The molecule has 0 N–H and O–H groups in total. The zero-order valence-corrected chi connectivity index (χ0v) is 11.2. The molecule has 0 spiro atoms. The van der Waals surface area contributed by atoms with Crippen LogP contribution in [0.25, 0.3) is 0 Å². The first kappa shape index (κ1) is 14.1. The molecule has 8 heteroatoms. The van der Waals surface area contributed by atoms with Gasteiger partial charge >= 0.3 is 6.18 Å². The predicted octanol–water partition coefficient (Wildman–Crippen LogP) is 4.54. The van der Waals surface area contributed by atoms with E-state index in [-0.39, 0.29) is 14.5 Å². The Morgan fingerprint density at radius 2 is 1.94 bits per heavy atom. The molecule has 1 nitrogen and oxygen atoms in total. The molecule has 16 heavy (non-hydrogen) atoms. The molecule has 1 aromatic rings. The number of aromatic nitrogens is 1. The number of halogens is 7. The van der Waals surface area contributed by atoms with Gasteiger partial charge in [-0.3, -0.25) is 4.98 Å². The van der Waals surface area contributed by atoms with Crippen molar-refractivity contribution < 1.29 is 22.0 Å². The van der Waals surface area contributed by atoms with Crippen LogP contribution < -0.4 is 0 Å². The fourth-order valence-corrected chi connectivity index (χ4v) is 3.03. The van der Waals surface area contributed by atoms with E-state index in [4.69, 9.17) is 0 Å². The molecule has 0 saturated carbocycles. The molecule has 1 rings (SSSR count). The molecule has 0 saturated heterocycles. The van der Waals surface area contributed by atoms with E-state index in [1.54, 1.807) is 0 Å². The summed E-state index contributed by atoms with van der Waals surface area (Å²) < 4.78 is 62.2. The highest BCUT2D eigenvalue weighted by atomic mass is 127. The zero-order valence-electron chi connectivity index (χ0n) is 7.45. The summed E-state index contributed by atoms with van der Waals surface area (Å²) in [7, 11) is 0. The highest BCUT2D eigenvalue weighted by Crippen LogP contribution is 2.36. The van der Waals surface area contributed by atoms with Gasteiger partial charge in [0.05, 0.1) is 5.56 Å². The zero-order chi connectivity index (χ0) is 12.5. The second kappa shape index (κ2) is 5.11. The Hall–Kier alpha value is 0.01000. The van der Waals surface area contributed by atoms with Crippen molar-refractivity contribution in [2.24, 2.45) is 0 Å². The number of pyridine rings is 1. The van der Waals surface area contributed by atoms with Crippen molar-refractivity contribution in [3.63, 3.8) is 0 Å². The lowest BCUT2D eigenvalue weighted by Crippen LogP contribution is -2.12. The largest absolute Gasteiger partial charge is 0.418 e. The molecule has 1 aromatic heterocycles. The van der Waals surface area contributed by atoms with Crippen LogP contribution in [0.4, 0.5) is 22.0 Å². The summed E-state index contributed by atoms with van der Waals surface area (Å²) in [6, 6.07) is 0. The quantitative estimate of drug-likeness (QED) is 0.392. The monoisotopic (exact) mass is 415 g/mol. The van der Waals surface area contributed by atoms with E-state index in [9.17, 15) is 22.0 Å². The van der Waals surface area contributed by atoms with Gasteiger partial charge in [0.1, 0.15) is 5.69 Å². The number of hydrogen-bond acceptors (Lipinski definition) is 1. The van der Waals surface area contributed by atoms with Crippen molar-refractivity contribution in [2.45, 2.75) is 17.9 Å². The molecule has 0 aromatic carbocycles. The number of nitrogens with zero attached hydrogens (tertiary/aromatic N) is 1. The van der Waals surface area contributed by atoms with E-state index in [2.05, 4.69) is 20.9 Å². The third-order valence-electron chi connectivity index (χ3n) is 1.79. The maximum absolute atomic E-state index is 12.5. The minimum absolute atomic E-state index is 0.150. The van der Waals surface area contributed by atoms with E-state index < -0.39 is 23.9 Å². The second-order valence-electron chi connectivity index (χ2n) is 2.78. The Morgan fingerprint density at radius 3 is 2.31 bits per heavy atom. The standard InChI is InChI=1S/C8H4BrF5IN/c9-1-3-4(8(12,13)14)2-16-6(5(3)15)7(10)11/h2,7H,1H2. The van der Waals surface area contributed by atoms with Crippen molar-refractivity contribution in [1.82, 2.24) is 4.98 Å². The Labute approximate surface area is 110 Å². The van der Waals surface area contributed by atoms with Gasteiger partial charge in [0, 0.05) is 15.1 Å². The van der Waals surface area contributed by atoms with E-state index in [0.29, 0.717) is 6.20 Å². The minimum atomic E-state index is -4.59. The van der Waals surface area contributed by atoms with Gasteiger partial charge in [-0.15, -0.1) is 0 Å². The summed E-state index contributed by atoms with van der Waals surface area (Å²) in [4.78, 5) is 3.15. The van der Waals surface area contributed by atoms with E-state index in [0.717, 1.165) is 0 Å². The first-order valence-corrected chi connectivity index (χ1v) is 6.07. The maximum Gasteiger partial charge on any atom is 0.418 e. The third-order valence-corrected chi connectivity index (χ3v) is 3.56. The van der Waals surface area contributed by atoms with Crippen LogP contribution in [0.15, 0.2) is 6.20 Å². The highest BCUT2D eigenvalue weighted by Gasteiger charge is 2.35. The highest BCUT2D eigenvalue weighted by molar-refractivity contribution is 14.1. The number of rotatable bonds is 2. The van der Waals surface area contributed by atoms with Gasteiger partial charge in [-0.2, -0.15) is 13.2 Å². The molecule has 0 fully saturated rings. The molecular weight excluding hydrogens is 412 g/mol. The first-order chi connectivity index (χ1) is 7.29. The molecule has 0 bridgehead atoms. The summed E-state index contributed by atoms with van der Waals surface area (Å²) in [5, 5.41) is -0.150. The lowest BCUT2D eigenvalue weighted by atomic mass is 10.1. The van der Waals surface area contributed by atoms with Gasteiger partial charge in [-0.25, -0.2) is 8.78 Å². The van der Waals surface area contributed by atoms with E-state index >= 15 is 0 Å². The third kappa shape index (κ3) is 2.82. The van der Waals surface area contributed by atoms with Gasteiger partial charge in [0.25, 0.3) is 6.43 Å². The number of hydrogen-bond donors (Lipinski definition) is 0. The van der Waals surface area contributed by atoms with Crippen molar-refractivity contribution in [3.8, 4) is 0 Å². The fourth-order valence-electron chi connectivity index (χ4n) is 1.07. The summed E-state index contributed by atoms with van der Waals surface area (Å²) in [6.07, 6.45) is -7.02. The molecule has 0 aliphatic rings. The molecule has 0 aliphatic heterocycles. The van der Waals surface area contributed by atoms with Gasteiger partial charge in [-0.05, 0) is 28.2 Å². The lowest BCUT2D eigenvalue weighted by molar-refractivity contribution is -0.138. The van der Waals surface area contributed by atoms with Crippen LogP contribution >= 0.6 is 38.5 Å². The maximum atomic E-state index is 12.5. The molecule has 0 radical (unpaired) electrons. The SMILES string of the molecule is FC(F)c1ncc(C(F)(F)F)c(CBr)c1I. The Morgan fingerprint density at radius 1 is 1.38 bits per heavy atom. The summed E-state index contributed by atoms with van der Waals surface area (Å²) in [6.45, 7) is 0. The van der Waals surface area contributed by atoms with Crippen LogP contribution in [0.3, 0.4) is 0 Å². The van der Waals surface area contributed by atoms with E-state index in [1.807, 2.05) is 0 Å². The molecule has 0 unspecified atom stereocenters. The van der Waals surface area contributed by atoms with Crippen molar-refractivity contribution >= 4 is 38.5 Å². The lowest BCUT2D eigenvalue weighted by Gasteiger charge is -2.14. The normalized spacial score (nSPS) is 12.2. The van der Waals surface area contributed by atoms with Crippen molar-refractivity contribution in [3.05, 3.63) is 26.6 Å². The van der Waals surface area contributed by atoms with Gasteiger partial charge in [0.15, 0.2) is 0 Å². The van der Waals surface area contributed by atoms with Crippen LogP contribution in [0.2, 0.25) is 0 Å². The molecule has 90 valence electrons. The smallest absolute Gasteiger partial charge is 0.254 e. The molecule has 0 amide bonds. The molecule has 0 atom stereocenters. The van der Waals surface area contributed by atoms with Crippen LogP contribution in [0.5, 0.6) is 0 Å². The summed E-state index contributed by atoms with van der Waals surface area (Å²) in [5.74, 6) is 0. The van der Waals surface area contributed by atoms with Crippen LogP contribution in [-0.4, -0.2) is 4.98 Å². The topological polar surface area (TPSA) is 12.9 Å². The van der Waals surface area contributed by atoms with Crippen LogP contribution in [0, 0.1) is 3.57 Å². The van der Waals surface area contributed by atoms with E-state index in [1.165, 1.54) is 22.6 Å². The Bertz CT molecular complexity index is 393. The molecule has 1 heterocycles. The Kier molecular flexibility index (Phi) is 4.49. The van der Waals surface area contributed by atoms with Gasteiger partial charge in [-0.1, -0.05) is 15.9 Å². The fraction of sp³-hybridized carbons (Fsp3) is 0.375. The van der Waals surface area contributed by atoms with Crippen LogP contribution in [-0.2, 0) is 11.5 Å². The molecular formula is C8H4BrF5IN. The minimum Gasteiger partial charge on any atom is -0.254 e. The first-order valence-electron chi connectivity index (χ1n) is 3.87. The summed E-state index contributed by atoms with van der Waals surface area (Å²) in [5.41, 5.74) is -1.82.